The van der Waals surface area contributed by atoms with E-state index in [4.69, 9.17) is 9.47 Å². The van der Waals surface area contributed by atoms with Crippen LogP contribution in [0.15, 0.2) is 24.3 Å². The lowest BCUT2D eigenvalue weighted by atomic mass is 10.1. The van der Waals surface area contributed by atoms with E-state index in [9.17, 15) is 4.79 Å². The Morgan fingerprint density at radius 2 is 2.11 bits per heavy atom. The number of hydrogen-bond donors (Lipinski definition) is 1. The van der Waals surface area contributed by atoms with Crippen molar-refractivity contribution in [2.75, 3.05) is 13.7 Å². The maximum absolute atomic E-state index is 11.7. The number of ether oxygens (including phenoxy) is 2. The van der Waals surface area contributed by atoms with E-state index >= 15 is 0 Å². The van der Waals surface area contributed by atoms with Crippen molar-refractivity contribution in [2.24, 2.45) is 0 Å². The number of rotatable bonds is 4. The SMILES string of the molecule is CCOC(=O)c1n[nH]nc1-c1ccccc1OC. The minimum Gasteiger partial charge on any atom is -0.496 e. The fourth-order valence-corrected chi connectivity index (χ4v) is 1.60. The molecule has 0 atom stereocenters. The average molecular weight is 247 g/mol. The van der Waals surface area contributed by atoms with Crippen LogP contribution < -0.4 is 4.74 Å². The van der Waals surface area contributed by atoms with Crippen molar-refractivity contribution in [3.8, 4) is 17.0 Å². The smallest absolute Gasteiger partial charge is 0.361 e. The maximum Gasteiger partial charge on any atom is 0.361 e. The van der Waals surface area contributed by atoms with Gasteiger partial charge in [0, 0.05) is 5.56 Å². The van der Waals surface area contributed by atoms with Crippen molar-refractivity contribution in [1.82, 2.24) is 15.4 Å². The number of H-pyrrole nitrogens is 1. The Labute approximate surface area is 104 Å². The molecule has 0 aliphatic carbocycles. The van der Waals surface area contributed by atoms with E-state index in [-0.39, 0.29) is 12.3 Å². The maximum atomic E-state index is 11.7. The molecule has 0 unspecified atom stereocenters. The van der Waals surface area contributed by atoms with Gasteiger partial charge in [0.1, 0.15) is 11.4 Å². The molecule has 0 amide bonds. The van der Waals surface area contributed by atoms with Crippen molar-refractivity contribution in [1.29, 1.82) is 0 Å². The van der Waals surface area contributed by atoms with Crippen LogP contribution in [0.4, 0.5) is 0 Å². The Kier molecular flexibility index (Phi) is 3.57. The van der Waals surface area contributed by atoms with E-state index in [2.05, 4.69) is 15.4 Å². The van der Waals surface area contributed by atoms with Crippen LogP contribution in [0, 0.1) is 0 Å². The number of methoxy groups -OCH3 is 1. The number of nitrogens with one attached hydrogen (secondary N) is 1. The van der Waals surface area contributed by atoms with E-state index in [1.165, 1.54) is 0 Å². The standard InChI is InChI=1S/C12H13N3O3/c1-3-18-12(16)11-10(13-15-14-11)8-6-4-5-7-9(8)17-2/h4-7H,3H2,1-2H3,(H,13,14,15). The third-order valence-corrected chi connectivity index (χ3v) is 2.38. The van der Waals surface area contributed by atoms with E-state index in [0.29, 0.717) is 17.0 Å². The van der Waals surface area contributed by atoms with Gasteiger partial charge in [-0.15, -0.1) is 5.10 Å². The third-order valence-electron chi connectivity index (χ3n) is 2.38. The number of aromatic nitrogens is 3. The molecule has 6 nitrogen and oxygen atoms in total. The molecule has 1 aromatic heterocycles. The van der Waals surface area contributed by atoms with E-state index in [1.54, 1.807) is 26.2 Å². The highest BCUT2D eigenvalue weighted by molar-refractivity contribution is 5.94. The molecule has 0 aliphatic heterocycles. The largest absolute Gasteiger partial charge is 0.496 e. The van der Waals surface area contributed by atoms with Gasteiger partial charge in [-0.05, 0) is 19.1 Å². The quantitative estimate of drug-likeness (QED) is 0.831. The number of nitrogens with zero attached hydrogens (tertiary/aromatic N) is 2. The number of benzene rings is 1. The van der Waals surface area contributed by atoms with E-state index in [1.807, 2.05) is 12.1 Å². The van der Waals surface area contributed by atoms with Gasteiger partial charge in [0.15, 0.2) is 5.69 Å². The number of hydrogen-bond acceptors (Lipinski definition) is 5. The zero-order chi connectivity index (χ0) is 13.0. The van der Waals surface area contributed by atoms with Crippen molar-refractivity contribution < 1.29 is 14.3 Å². The summed E-state index contributed by atoms with van der Waals surface area (Å²) in [5, 5.41) is 10.2. The monoisotopic (exact) mass is 247 g/mol. The van der Waals surface area contributed by atoms with E-state index in [0.717, 1.165) is 0 Å². The number of carbonyl (C=O) groups excluding carboxylic acids is 1. The number of aromatic amines is 1. The van der Waals surface area contributed by atoms with Crippen LogP contribution in [0.3, 0.4) is 0 Å². The Morgan fingerprint density at radius 3 is 2.83 bits per heavy atom. The fourth-order valence-electron chi connectivity index (χ4n) is 1.60. The molecule has 2 rings (SSSR count). The topological polar surface area (TPSA) is 77.1 Å². The third kappa shape index (κ3) is 2.17. The van der Waals surface area contributed by atoms with Gasteiger partial charge < -0.3 is 9.47 Å². The summed E-state index contributed by atoms with van der Waals surface area (Å²) in [6, 6.07) is 7.27. The van der Waals surface area contributed by atoms with Gasteiger partial charge in [0.25, 0.3) is 0 Å². The second kappa shape index (κ2) is 5.31. The van der Waals surface area contributed by atoms with Gasteiger partial charge in [-0.1, -0.05) is 12.1 Å². The Morgan fingerprint density at radius 1 is 1.33 bits per heavy atom. The van der Waals surface area contributed by atoms with Gasteiger partial charge in [-0.3, -0.25) is 0 Å². The van der Waals surface area contributed by atoms with Gasteiger partial charge in [-0.25, -0.2) is 4.79 Å². The minimum absolute atomic E-state index is 0.154. The molecule has 18 heavy (non-hydrogen) atoms. The number of carbonyl (C=O) groups is 1. The van der Waals surface area contributed by atoms with Crippen LogP contribution in [0.5, 0.6) is 5.75 Å². The molecule has 0 bridgehead atoms. The first kappa shape index (κ1) is 12.1. The first-order chi connectivity index (χ1) is 8.77. The zero-order valence-corrected chi connectivity index (χ0v) is 10.1. The van der Waals surface area contributed by atoms with Crippen molar-refractivity contribution in [3.63, 3.8) is 0 Å². The molecule has 0 saturated heterocycles. The summed E-state index contributed by atoms with van der Waals surface area (Å²) in [7, 11) is 1.56. The summed E-state index contributed by atoms with van der Waals surface area (Å²) >= 11 is 0. The average Bonchev–Trinajstić information content (AvgIpc) is 2.88. The molecule has 1 N–H and O–H groups in total. The molecule has 1 heterocycles. The van der Waals surface area contributed by atoms with Crippen LogP contribution >= 0.6 is 0 Å². The predicted molar refractivity (Wildman–Crippen MR) is 64.3 cm³/mol. The highest BCUT2D eigenvalue weighted by atomic mass is 16.5. The lowest BCUT2D eigenvalue weighted by Gasteiger charge is -2.06. The Balaban J connectivity index is 2.45. The van der Waals surface area contributed by atoms with Gasteiger partial charge >= 0.3 is 5.97 Å². The summed E-state index contributed by atoms with van der Waals surface area (Å²) in [5.74, 6) is 0.115. The van der Waals surface area contributed by atoms with Crippen molar-refractivity contribution >= 4 is 5.97 Å². The first-order valence-electron chi connectivity index (χ1n) is 5.49. The van der Waals surface area contributed by atoms with Gasteiger partial charge in [0.2, 0.25) is 0 Å². The van der Waals surface area contributed by atoms with Crippen molar-refractivity contribution in [2.45, 2.75) is 6.92 Å². The highest BCUT2D eigenvalue weighted by Crippen LogP contribution is 2.29. The van der Waals surface area contributed by atoms with Crippen LogP contribution in [0.25, 0.3) is 11.3 Å². The molecule has 1 aromatic carbocycles. The molecule has 0 aliphatic rings. The molecule has 0 fully saturated rings. The summed E-state index contributed by atoms with van der Waals surface area (Å²) in [6.07, 6.45) is 0. The lowest BCUT2D eigenvalue weighted by molar-refractivity contribution is 0.0520. The van der Waals surface area contributed by atoms with E-state index < -0.39 is 5.97 Å². The minimum atomic E-state index is -0.507. The zero-order valence-electron chi connectivity index (χ0n) is 10.1. The van der Waals surface area contributed by atoms with Gasteiger partial charge in [-0.2, -0.15) is 10.3 Å². The summed E-state index contributed by atoms with van der Waals surface area (Å²) < 4.78 is 10.1. The van der Waals surface area contributed by atoms with Crippen molar-refractivity contribution in [3.05, 3.63) is 30.0 Å². The second-order valence-electron chi connectivity index (χ2n) is 3.44. The molecule has 0 radical (unpaired) electrons. The summed E-state index contributed by atoms with van der Waals surface area (Å²) in [5.41, 5.74) is 1.27. The van der Waals surface area contributed by atoms with Crippen LogP contribution in [0.2, 0.25) is 0 Å². The predicted octanol–water partition coefficient (Wildman–Crippen LogP) is 1.66. The first-order valence-corrected chi connectivity index (χ1v) is 5.49. The summed E-state index contributed by atoms with van der Waals surface area (Å²) in [4.78, 5) is 11.7. The number of esters is 1. The molecule has 0 saturated carbocycles. The second-order valence-corrected chi connectivity index (χ2v) is 3.44. The highest BCUT2D eigenvalue weighted by Gasteiger charge is 2.21. The molecule has 94 valence electrons. The van der Waals surface area contributed by atoms with Crippen LogP contribution in [-0.2, 0) is 4.74 Å². The molecular weight excluding hydrogens is 234 g/mol. The molecule has 2 aromatic rings. The number of para-hydroxylation sites is 1. The van der Waals surface area contributed by atoms with Crippen LogP contribution in [-0.4, -0.2) is 35.1 Å². The molecular formula is C12H13N3O3. The summed E-state index contributed by atoms with van der Waals surface area (Å²) in [6.45, 7) is 2.03. The van der Waals surface area contributed by atoms with Gasteiger partial charge in [0.05, 0.1) is 13.7 Å². The normalized spacial score (nSPS) is 10.1. The van der Waals surface area contributed by atoms with Crippen LogP contribution in [0.1, 0.15) is 17.4 Å². The lowest BCUT2D eigenvalue weighted by Crippen LogP contribution is -2.07. The fraction of sp³-hybridized carbons (Fsp3) is 0.250. The Bertz CT molecular complexity index is 551. The Hall–Kier alpha value is -2.37. The molecule has 6 heteroatoms. The molecule has 0 spiro atoms.